The molecule has 2 aromatic heterocycles. The summed E-state index contributed by atoms with van der Waals surface area (Å²) in [5.74, 6) is -0.576. The molecule has 3 aromatic rings. The summed E-state index contributed by atoms with van der Waals surface area (Å²) in [7, 11) is 0. The standard InChI is InChI=1S/C16H12ClN3O2S2/c1-9-8-24-16(18-9)20-14(21)10-4-5-11(17)12(7-10)19-15(22)13-3-2-6-23-13/h2-8H,1H3,(H,19,22)(H,18,20,21). The van der Waals surface area contributed by atoms with E-state index in [9.17, 15) is 9.59 Å². The number of aryl methyl sites for hydroxylation is 1. The van der Waals surface area contributed by atoms with Crippen LogP contribution in [0.4, 0.5) is 10.8 Å². The molecule has 0 fully saturated rings. The molecule has 0 aliphatic carbocycles. The fraction of sp³-hybridized carbons (Fsp3) is 0.0625. The summed E-state index contributed by atoms with van der Waals surface area (Å²) in [6, 6.07) is 8.23. The van der Waals surface area contributed by atoms with E-state index >= 15 is 0 Å². The maximum atomic E-state index is 12.3. The third kappa shape index (κ3) is 3.81. The second-order valence-electron chi connectivity index (χ2n) is 4.87. The third-order valence-corrected chi connectivity index (χ3v) is 5.13. The van der Waals surface area contributed by atoms with Gasteiger partial charge in [0.2, 0.25) is 0 Å². The summed E-state index contributed by atoms with van der Waals surface area (Å²) in [6.07, 6.45) is 0. The SMILES string of the molecule is Cc1csc(NC(=O)c2ccc(Cl)c(NC(=O)c3cccs3)c2)n1. The Morgan fingerprint density at radius 1 is 1.12 bits per heavy atom. The zero-order chi connectivity index (χ0) is 17.1. The van der Waals surface area contributed by atoms with Gasteiger partial charge in [-0.15, -0.1) is 22.7 Å². The van der Waals surface area contributed by atoms with E-state index in [0.717, 1.165) is 5.69 Å². The number of hydrogen-bond donors (Lipinski definition) is 2. The number of aromatic nitrogens is 1. The van der Waals surface area contributed by atoms with Crippen LogP contribution < -0.4 is 10.6 Å². The topological polar surface area (TPSA) is 71.1 Å². The van der Waals surface area contributed by atoms with Crippen molar-refractivity contribution in [2.45, 2.75) is 6.92 Å². The number of nitrogens with zero attached hydrogens (tertiary/aromatic N) is 1. The van der Waals surface area contributed by atoms with Gasteiger partial charge in [-0.2, -0.15) is 0 Å². The quantitative estimate of drug-likeness (QED) is 0.693. The number of anilines is 2. The first-order valence-electron chi connectivity index (χ1n) is 6.91. The van der Waals surface area contributed by atoms with E-state index in [4.69, 9.17) is 11.6 Å². The molecule has 0 saturated heterocycles. The van der Waals surface area contributed by atoms with Crippen LogP contribution in [0.1, 0.15) is 25.7 Å². The Balaban J connectivity index is 1.78. The minimum Gasteiger partial charge on any atom is -0.320 e. The summed E-state index contributed by atoms with van der Waals surface area (Å²) in [5, 5.41) is 10.00. The van der Waals surface area contributed by atoms with Crippen LogP contribution in [-0.2, 0) is 0 Å². The number of hydrogen-bond acceptors (Lipinski definition) is 5. The fourth-order valence-electron chi connectivity index (χ4n) is 1.93. The van der Waals surface area contributed by atoms with Gasteiger partial charge in [-0.1, -0.05) is 17.7 Å². The second-order valence-corrected chi connectivity index (χ2v) is 7.09. The molecular formula is C16H12ClN3O2S2. The lowest BCUT2D eigenvalue weighted by molar-refractivity contribution is 0.101. The van der Waals surface area contributed by atoms with Crippen molar-refractivity contribution in [1.82, 2.24) is 4.98 Å². The maximum absolute atomic E-state index is 12.3. The maximum Gasteiger partial charge on any atom is 0.265 e. The Kier molecular flexibility index (Phi) is 4.94. The third-order valence-electron chi connectivity index (χ3n) is 3.06. The van der Waals surface area contributed by atoms with Crippen molar-refractivity contribution in [3.8, 4) is 0 Å². The van der Waals surface area contributed by atoms with Crippen molar-refractivity contribution in [2.24, 2.45) is 0 Å². The van der Waals surface area contributed by atoms with Crippen molar-refractivity contribution in [1.29, 1.82) is 0 Å². The highest BCUT2D eigenvalue weighted by Crippen LogP contribution is 2.25. The number of carbonyl (C=O) groups excluding carboxylic acids is 2. The average Bonchev–Trinajstić information content (AvgIpc) is 3.21. The largest absolute Gasteiger partial charge is 0.320 e. The van der Waals surface area contributed by atoms with Gasteiger partial charge < -0.3 is 5.32 Å². The summed E-state index contributed by atoms with van der Waals surface area (Å²) >= 11 is 8.80. The molecular weight excluding hydrogens is 366 g/mol. The number of amides is 2. The zero-order valence-electron chi connectivity index (χ0n) is 12.5. The highest BCUT2D eigenvalue weighted by atomic mass is 35.5. The lowest BCUT2D eigenvalue weighted by atomic mass is 10.2. The molecule has 0 aliphatic heterocycles. The summed E-state index contributed by atoms with van der Waals surface area (Å²) in [5.41, 5.74) is 1.61. The molecule has 122 valence electrons. The van der Waals surface area contributed by atoms with Crippen molar-refractivity contribution in [3.63, 3.8) is 0 Å². The van der Waals surface area contributed by atoms with Crippen molar-refractivity contribution >= 4 is 56.9 Å². The monoisotopic (exact) mass is 377 g/mol. The first-order valence-corrected chi connectivity index (χ1v) is 9.04. The summed E-state index contributed by atoms with van der Waals surface area (Å²) in [6.45, 7) is 1.85. The fourth-order valence-corrected chi connectivity index (χ4v) is 3.40. The van der Waals surface area contributed by atoms with Crippen LogP contribution in [-0.4, -0.2) is 16.8 Å². The predicted molar refractivity (Wildman–Crippen MR) is 98.5 cm³/mol. The van der Waals surface area contributed by atoms with Crippen LogP contribution in [0.25, 0.3) is 0 Å². The number of rotatable bonds is 4. The molecule has 2 amide bonds. The van der Waals surface area contributed by atoms with Gasteiger partial charge in [0.1, 0.15) is 0 Å². The first-order chi connectivity index (χ1) is 11.5. The van der Waals surface area contributed by atoms with E-state index in [1.807, 2.05) is 17.7 Å². The second kappa shape index (κ2) is 7.12. The molecule has 2 N–H and O–H groups in total. The molecule has 0 bridgehead atoms. The lowest BCUT2D eigenvalue weighted by Crippen LogP contribution is -2.14. The number of thiophene rings is 1. The molecule has 8 heteroatoms. The Morgan fingerprint density at radius 3 is 2.62 bits per heavy atom. The van der Waals surface area contributed by atoms with Gasteiger partial charge in [0.15, 0.2) is 5.13 Å². The van der Waals surface area contributed by atoms with E-state index in [-0.39, 0.29) is 11.8 Å². The molecule has 1 aromatic carbocycles. The molecule has 0 spiro atoms. The Bertz CT molecular complexity index is 891. The van der Waals surface area contributed by atoms with Gasteiger partial charge >= 0.3 is 0 Å². The van der Waals surface area contributed by atoms with Crippen molar-refractivity contribution in [2.75, 3.05) is 10.6 Å². The minimum absolute atomic E-state index is 0.264. The summed E-state index contributed by atoms with van der Waals surface area (Å²) < 4.78 is 0. The van der Waals surface area contributed by atoms with Crippen LogP contribution in [0.2, 0.25) is 5.02 Å². The van der Waals surface area contributed by atoms with Crippen molar-refractivity contribution < 1.29 is 9.59 Å². The Hall–Kier alpha value is -2.22. The number of halogens is 1. The minimum atomic E-state index is -0.312. The molecule has 24 heavy (non-hydrogen) atoms. The molecule has 0 unspecified atom stereocenters. The molecule has 5 nitrogen and oxygen atoms in total. The van der Waals surface area contributed by atoms with Crippen LogP contribution in [0, 0.1) is 6.92 Å². The molecule has 0 radical (unpaired) electrons. The van der Waals surface area contributed by atoms with E-state index in [1.165, 1.54) is 22.7 Å². The molecule has 0 saturated carbocycles. The smallest absolute Gasteiger partial charge is 0.265 e. The first kappa shape index (κ1) is 16.6. The average molecular weight is 378 g/mol. The Labute approximate surface area is 151 Å². The van der Waals surface area contributed by atoms with Crippen LogP contribution >= 0.6 is 34.3 Å². The molecule has 0 aliphatic rings. The highest BCUT2D eigenvalue weighted by molar-refractivity contribution is 7.14. The zero-order valence-corrected chi connectivity index (χ0v) is 14.9. The predicted octanol–water partition coefficient (Wildman–Crippen LogP) is 4.67. The van der Waals surface area contributed by atoms with E-state index in [0.29, 0.717) is 26.3 Å². The van der Waals surface area contributed by atoms with E-state index in [2.05, 4.69) is 15.6 Å². The number of carbonyl (C=O) groups is 2. The number of nitrogens with one attached hydrogen (secondary N) is 2. The number of thiazole rings is 1. The molecule has 3 rings (SSSR count). The molecule has 2 heterocycles. The van der Waals surface area contributed by atoms with E-state index in [1.54, 1.807) is 30.3 Å². The van der Waals surface area contributed by atoms with Gasteiger partial charge in [-0.05, 0) is 36.6 Å². The van der Waals surface area contributed by atoms with Gasteiger partial charge in [0.25, 0.3) is 11.8 Å². The van der Waals surface area contributed by atoms with Gasteiger partial charge in [-0.3, -0.25) is 14.9 Å². The summed E-state index contributed by atoms with van der Waals surface area (Å²) in [4.78, 5) is 29.2. The van der Waals surface area contributed by atoms with Crippen LogP contribution in [0.15, 0.2) is 41.1 Å². The van der Waals surface area contributed by atoms with Crippen LogP contribution in [0.3, 0.4) is 0 Å². The van der Waals surface area contributed by atoms with Gasteiger partial charge in [0.05, 0.1) is 21.3 Å². The van der Waals surface area contributed by atoms with Crippen molar-refractivity contribution in [3.05, 3.63) is 62.2 Å². The van der Waals surface area contributed by atoms with Gasteiger partial charge in [-0.25, -0.2) is 4.98 Å². The lowest BCUT2D eigenvalue weighted by Gasteiger charge is -2.08. The van der Waals surface area contributed by atoms with Crippen LogP contribution in [0.5, 0.6) is 0 Å². The highest BCUT2D eigenvalue weighted by Gasteiger charge is 2.14. The number of benzene rings is 1. The molecule has 0 atom stereocenters. The van der Waals surface area contributed by atoms with Gasteiger partial charge in [0, 0.05) is 10.9 Å². The van der Waals surface area contributed by atoms with E-state index < -0.39 is 0 Å². The normalized spacial score (nSPS) is 10.4. The Morgan fingerprint density at radius 2 is 1.96 bits per heavy atom.